The molecule has 25 heavy (non-hydrogen) atoms. The molecule has 0 unspecified atom stereocenters. The minimum Gasteiger partial charge on any atom is -0.493 e. The van der Waals surface area contributed by atoms with E-state index < -0.39 is 17.6 Å². The van der Waals surface area contributed by atoms with Crippen molar-refractivity contribution in [3.63, 3.8) is 0 Å². The molecule has 128 valence electrons. The van der Waals surface area contributed by atoms with Crippen LogP contribution in [0.5, 0.6) is 5.75 Å². The Hall–Kier alpha value is -3.35. The van der Waals surface area contributed by atoms with E-state index in [1.807, 2.05) is 12.1 Å². The summed E-state index contributed by atoms with van der Waals surface area (Å²) in [5, 5.41) is 5.68. The lowest BCUT2D eigenvalue weighted by Crippen LogP contribution is -2.34. The molecule has 1 heterocycles. The van der Waals surface area contributed by atoms with E-state index in [1.54, 1.807) is 19.2 Å². The van der Waals surface area contributed by atoms with Gasteiger partial charge in [-0.15, -0.1) is 0 Å². The number of fused-ring (bicyclic) bond motifs is 1. The molecule has 2 amide bonds. The van der Waals surface area contributed by atoms with Crippen molar-refractivity contribution in [1.82, 2.24) is 5.32 Å². The van der Waals surface area contributed by atoms with Crippen LogP contribution in [-0.4, -0.2) is 18.9 Å². The van der Waals surface area contributed by atoms with E-state index in [-0.39, 0.29) is 6.54 Å². The number of anilines is 1. The predicted octanol–water partition coefficient (Wildman–Crippen LogP) is 2.84. The van der Waals surface area contributed by atoms with Crippen LogP contribution in [0.15, 0.2) is 52.9 Å². The summed E-state index contributed by atoms with van der Waals surface area (Å²) < 4.78 is 23.7. The number of hydrogen-bond acceptors (Lipinski definition) is 4. The van der Waals surface area contributed by atoms with Crippen LogP contribution in [0, 0.1) is 5.82 Å². The van der Waals surface area contributed by atoms with E-state index in [0.717, 1.165) is 5.39 Å². The van der Waals surface area contributed by atoms with E-state index in [1.165, 1.54) is 24.3 Å². The molecule has 0 radical (unpaired) electrons. The maximum Gasteiger partial charge on any atom is 0.313 e. The summed E-state index contributed by atoms with van der Waals surface area (Å²) in [6.07, 6.45) is 0. The lowest BCUT2D eigenvalue weighted by molar-refractivity contribution is -0.136. The normalized spacial score (nSPS) is 10.5. The number of carbonyl (C=O) groups excluding carboxylic acids is 2. The molecule has 3 rings (SSSR count). The molecular formula is C18H15FN2O4. The molecule has 0 aliphatic rings. The Balaban J connectivity index is 1.61. The van der Waals surface area contributed by atoms with Crippen LogP contribution in [0.3, 0.4) is 0 Å². The zero-order valence-electron chi connectivity index (χ0n) is 13.3. The van der Waals surface area contributed by atoms with Crippen molar-refractivity contribution in [2.24, 2.45) is 0 Å². The molecule has 0 atom stereocenters. The van der Waals surface area contributed by atoms with Crippen LogP contribution < -0.4 is 15.4 Å². The fraction of sp³-hybridized carbons (Fsp3) is 0.111. The molecule has 0 aliphatic heterocycles. The first kappa shape index (κ1) is 16.5. The summed E-state index contributed by atoms with van der Waals surface area (Å²) in [5.74, 6) is -1.02. The van der Waals surface area contributed by atoms with Crippen molar-refractivity contribution in [2.45, 2.75) is 6.54 Å². The Labute approximate surface area is 142 Å². The van der Waals surface area contributed by atoms with Gasteiger partial charge in [-0.2, -0.15) is 0 Å². The molecule has 0 saturated heterocycles. The van der Waals surface area contributed by atoms with E-state index in [2.05, 4.69) is 10.6 Å². The van der Waals surface area contributed by atoms with Crippen molar-refractivity contribution in [2.75, 3.05) is 12.4 Å². The van der Waals surface area contributed by atoms with Gasteiger partial charge in [0.2, 0.25) is 0 Å². The number of methoxy groups -OCH3 is 1. The number of furan rings is 1. The van der Waals surface area contributed by atoms with Crippen LogP contribution in [0.2, 0.25) is 0 Å². The highest BCUT2D eigenvalue weighted by Crippen LogP contribution is 2.28. The largest absolute Gasteiger partial charge is 0.493 e. The fourth-order valence-electron chi connectivity index (χ4n) is 2.31. The van der Waals surface area contributed by atoms with Gasteiger partial charge in [0, 0.05) is 11.1 Å². The van der Waals surface area contributed by atoms with Crippen LogP contribution in [0.25, 0.3) is 11.0 Å². The molecule has 7 heteroatoms. The van der Waals surface area contributed by atoms with Crippen LogP contribution >= 0.6 is 0 Å². The highest BCUT2D eigenvalue weighted by atomic mass is 19.1. The van der Waals surface area contributed by atoms with Crippen molar-refractivity contribution >= 4 is 28.5 Å². The number of para-hydroxylation sites is 1. The maximum atomic E-state index is 12.8. The van der Waals surface area contributed by atoms with Crippen LogP contribution in [0.1, 0.15) is 5.76 Å². The zero-order chi connectivity index (χ0) is 17.8. The van der Waals surface area contributed by atoms with E-state index in [4.69, 9.17) is 9.15 Å². The average molecular weight is 342 g/mol. The number of hydrogen-bond donors (Lipinski definition) is 2. The van der Waals surface area contributed by atoms with E-state index in [9.17, 15) is 14.0 Å². The van der Waals surface area contributed by atoms with Gasteiger partial charge in [-0.1, -0.05) is 12.1 Å². The lowest BCUT2D eigenvalue weighted by atomic mass is 10.2. The lowest BCUT2D eigenvalue weighted by Gasteiger charge is -2.05. The summed E-state index contributed by atoms with van der Waals surface area (Å²) in [6.45, 7) is 0.0491. The van der Waals surface area contributed by atoms with Gasteiger partial charge in [-0.25, -0.2) is 4.39 Å². The number of carbonyl (C=O) groups is 2. The number of ether oxygens (including phenoxy) is 1. The number of rotatable bonds is 4. The Kier molecular flexibility index (Phi) is 4.65. The van der Waals surface area contributed by atoms with E-state index in [0.29, 0.717) is 22.8 Å². The summed E-state index contributed by atoms with van der Waals surface area (Å²) in [6, 6.07) is 12.3. The quantitative estimate of drug-likeness (QED) is 0.715. The molecular weight excluding hydrogens is 327 g/mol. The Morgan fingerprint density at radius 2 is 1.88 bits per heavy atom. The van der Waals surface area contributed by atoms with Crippen molar-refractivity contribution in [1.29, 1.82) is 0 Å². The van der Waals surface area contributed by atoms with Crippen molar-refractivity contribution in [3.8, 4) is 5.75 Å². The topological polar surface area (TPSA) is 80.6 Å². The molecule has 6 nitrogen and oxygen atoms in total. The Bertz CT molecular complexity index is 918. The molecule has 0 aliphatic carbocycles. The summed E-state index contributed by atoms with van der Waals surface area (Å²) >= 11 is 0. The van der Waals surface area contributed by atoms with Gasteiger partial charge in [0.15, 0.2) is 11.3 Å². The molecule has 0 saturated carbocycles. The average Bonchev–Trinajstić information content (AvgIpc) is 3.04. The second kappa shape index (κ2) is 7.04. The van der Waals surface area contributed by atoms with E-state index >= 15 is 0 Å². The SMILES string of the molecule is COc1cccc2cc(CNC(=O)C(=O)Nc3ccc(F)cc3)oc12. The van der Waals surface area contributed by atoms with Gasteiger partial charge in [0.1, 0.15) is 11.6 Å². The van der Waals surface area contributed by atoms with Crippen molar-refractivity contribution in [3.05, 3.63) is 60.1 Å². The Morgan fingerprint density at radius 3 is 2.60 bits per heavy atom. The molecule has 0 fully saturated rings. The minimum atomic E-state index is -0.847. The second-order valence-electron chi connectivity index (χ2n) is 5.24. The zero-order valence-corrected chi connectivity index (χ0v) is 13.3. The molecule has 1 aromatic heterocycles. The molecule has 0 bridgehead atoms. The second-order valence-corrected chi connectivity index (χ2v) is 5.24. The Morgan fingerprint density at radius 1 is 1.12 bits per heavy atom. The van der Waals surface area contributed by atoms with Gasteiger partial charge in [-0.3, -0.25) is 9.59 Å². The number of nitrogens with one attached hydrogen (secondary N) is 2. The van der Waals surface area contributed by atoms with Crippen molar-refractivity contribution < 1.29 is 23.1 Å². The van der Waals surface area contributed by atoms with Gasteiger partial charge in [0.05, 0.1) is 13.7 Å². The van der Waals surface area contributed by atoms with Crippen LogP contribution in [0.4, 0.5) is 10.1 Å². The maximum absolute atomic E-state index is 12.8. The third-order valence-corrected chi connectivity index (χ3v) is 3.51. The van der Waals surface area contributed by atoms with Gasteiger partial charge < -0.3 is 19.8 Å². The highest BCUT2D eigenvalue weighted by Gasteiger charge is 2.15. The summed E-state index contributed by atoms with van der Waals surface area (Å²) in [4.78, 5) is 23.7. The number of halogens is 1. The van der Waals surface area contributed by atoms with Gasteiger partial charge in [0.25, 0.3) is 0 Å². The summed E-state index contributed by atoms with van der Waals surface area (Å²) in [7, 11) is 1.54. The monoisotopic (exact) mass is 342 g/mol. The fourth-order valence-corrected chi connectivity index (χ4v) is 2.31. The van der Waals surface area contributed by atoms with Gasteiger partial charge in [-0.05, 0) is 36.4 Å². The van der Waals surface area contributed by atoms with Gasteiger partial charge >= 0.3 is 11.8 Å². The first-order valence-corrected chi connectivity index (χ1v) is 7.47. The smallest absolute Gasteiger partial charge is 0.313 e. The third-order valence-electron chi connectivity index (χ3n) is 3.51. The van der Waals surface area contributed by atoms with Crippen LogP contribution in [-0.2, 0) is 16.1 Å². The first-order chi connectivity index (χ1) is 12.1. The first-order valence-electron chi connectivity index (χ1n) is 7.47. The molecule has 2 N–H and O–H groups in total. The predicted molar refractivity (Wildman–Crippen MR) is 89.6 cm³/mol. The summed E-state index contributed by atoms with van der Waals surface area (Å²) in [5.41, 5.74) is 0.903. The highest BCUT2D eigenvalue weighted by molar-refractivity contribution is 6.39. The molecule has 2 aromatic carbocycles. The number of benzene rings is 2. The molecule has 0 spiro atoms. The minimum absolute atomic E-state index is 0.0491. The third kappa shape index (κ3) is 3.77. The standard InChI is InChI=1S/C18H15FN2O4/c1-24-15-4-2-3-11-9-14(25-16(11)15)10-20-17(22)18(23)21-13-7-5-12(19)6-8-13/h2-9H,10H2,1H3,(H,20,22)(H,21,23). The number of amides is 2. The molecule has 3 aromatic rings.